The summed E-state index contributed by atoms with van der Waals surface area (Å²) in [6, 6.07) is 10.5. The largest absolute Gasteiger partial charge is 0.344 e. The molecule has 3 heteroatoms. The smallest absolute Gasteiger partial charge is 0.116 e. The Bertz CT molecular complexity index is 547. The van der Waals surface area contributed by atoms with Gasteiger partial charge in [-0.15, -0.1) is 0 Å². The fraction of sp³-hybridized carbons (Fsp3) is 0.471. The third-order valence-electron chi connectivity index (χ3n) is 3.53. The van der Waals surface area contributed by atoms with Crippen molar-refractivity contribution in [3.8, 4) is 0 Å². The highest BCUT2D eigenvalue weighted by molar-refractivity contribution is 5.31. The van der Waals surface area contributed by atoms with E-state index >= 15 is 0 Å². The van der Waals surface area contributed by atoms with Crippen LogP contribution in [0.4, 0.5) is 0 Å². The van der Waals surface area contributed by atoms with Gasteiger partial charge in [0.15, 0.2) is 0 Å². The number of hydrogen-bond acceptors (Lipinski definition) is 2. The van der Waals surface area contributed by atoms with Gasteiger partial charge in [0.2, 0.25) is 0 Å². The van der Waals surface area contributed by atoms with Crippen molar-refractivity contribution in [1.82, 2.24) is 15.3 Å². The molecule has 1 heterocycles. The molecule has 1 aromatic carbocycles. The van der Waals surface area contributed by atoms with Crippen molar-refractivity contribution in [3.63, 3.8) is 0 Å². The van der Waals surface area contributed by atoms with E-state index in [0.717, 1.165) is 18.1 Å². The number of hydrogen-bond donors (Lipinski definition) is 2. The van der Waals surface area contributed by atoms with Crippen LogP contribution < -0.4 is 5.32 Å². The molecule has 0 atom stereocenters. The van der Waals surface area contributed by atoms with Crippen LogP contribution in [0, 0.1) is 0 Å². The molecular formula is C17H25N3. The molecule has 2 N–H and O–H groups in total. The van der Waals surface area contributed by atoms with E-state index < -0.39 is 0 Å². The summed E-state index contributed by atoms with van der Waals surface area (Å²) >= 11 is 0. The minimum atomic E-state index is -0.110. The molecule has 3 nitrogen and oxygen atoms in total. The molecule has 108 valence electrons. The lowest BCUT2D eigenvalue weighted by atomic mass is 9.84. The molecule has 0 bridgehead atoms. The summed E-state index contributed by atoms with van der Waals surface area (Å²) in [5, 5.41) is 3.47. The van der Waals surface area contributed by atoms with Crippen LogP contribution in [-0.4, -0.2) is 15.5 Å². The van der Waals surface area contributed by atoms with Crippen molar-refractivity contribution in [2.24, 2.45) is 0 Å². The zero-order chi connectivity index (χ0) is 14.8. The second-order valence-corrected chi connectivity index (χ2v) is 6.85. The number of nitrogens with zero attached hydrogens (tertiary/aromatic N) is 1. The maximum atomic E-state index is 4.57. The summed E-state index contributed by atoms with van der Waals surface area (Å²) in [6.07, 6.45) is 1.93. The highest BCUT2D eigenvalue weighted by Crippen LogP contribution is 2.28. The number of aromatic nitrogens is 2. The van der Waals surface area contributed by atoms with Crippen LogP contribution in [0.5, 0.6) is 0 Å². The maximum absolute atomic E-state index is 4.57. The molecule has 0 aliphatic rings. The van der Waals surface area contributed by atoms with E-state index in [4.69, 9.17) is 0 Å². The number of benzene rings is 1. The number of H-pyrrole nitrogens is 1. The predicted octanol–water partition coefficient (Wildman–Crippen LogP) is 3.62. The Balaban J connectivity index is 2.16. The quantitative estimate of drug-likeness (QED) is 0.891. The normalized spacial score (nSPS) is 12.7. The molecule has 1 aromatic heterocycles. The lowest BCUT2D eigenvalue weighted by Crippen LogP contribution is -2.35. The van der Waals surface area contributed by atoms with Crippen LogP contribution in [0.3, 0.4) is 0 Å². The summed E-state index contributed by atoms with van der Waals surface area (Å²) in [7, 11) is 0. The van der Waals surface area contributed by atoms with E-state index in [2.05, 4.69) is 74.2 Å². The minimum Gasteiger partial charge on any atom is -0.344 e. The van der Waals surface area contributed by atoms with Gasteiger partial charge in [0.25, 0.3) is 0 Å². The molecule has 20 heavy (non-hydrogen) atoms. The Morgan fingerprint density at radius 2 is 1.70 bits per heavy atom. The molecule has 0 unspecified atom stereocenters. The monoisotopic (exact) mass is 271 g/mol. The average molecular weight is 271 g/mol. The van der Waals surface area contributed by atoms with Gasteiger partial charge in [-0.05, 0) is 40.2 Å². The van der Waals surface area contributed by atoms with Crippen molar-refractivity contribution < 1.29 is 0 Å². The Morgan fingerprint density at radius 3 is 2.30 bits per heavy atom. The molecule has 0 saturated heterocycles. The van der Waals surface area contributed by atoms with Gasteiger partial charge in [-0.1, -0.05) is 30.3 Å². The van der Waals surface area contributed by atoms with Crippen molar-refractivity contribution >= 4 is 0 Å². The first-order chi connectivity index (χ1) is 9.29. The molecule has 0 saturated carbocycles. The summed E-state index contributed by atoms with van der Waals surface area (Å²) in [5.41, 5.74) is 2.39. The standard InChI is InChI=1S/C17H25N3/c1-16(2,3)19-12-14-11-18-15(20-14)17(4,5)13-9-7-6-8-10-13/h6-11,19H,12H2,1-5H3,(H,18,20). The van der Waals surface area contributed by atoms with Gasteiger partial charge < -0.3 is 10.3 Å². The average Bonchev–Trinajstić information content (AvgIpc) is 2.86. The van der Waals surface area contributed by atoms with Gasteiger partial charge in [-0.2, -0.15) is 0 Å². The fourth-order valence-electron chi connectivity index (χ4n) is 2.12. The molecule has 0 fully saturated rings. The first-order valence-electron chi connectivity index (χ1n) is 7.14. The Labute approximate surface area is 121 Å². The molecular weight excluding hydrogens is 246 g/mol. The van der Waals surface area contributed by atoms with E-state index in [0.29, 0.717) is 0 Å². The van der Waals surface area contributed by atoms with Crippen LogP contribution in [0.2, 0.25) is 0 Å². The van der Waals surface area contributed by atoms with Crippen LogP contribution >= 0.6 is 0 Å². The number of rotatable bonds is 4. The molecule has 0 amide bonds. The lowest BCUT2D eigenvalue weighted by Gasteiger charge is -2.23. The zero-order valence-corrected chi connectivity index (χ0v) is 13.1. The molecule has 0 aliphatic carbocycles. The highest BCUT2D eigenvalue weighted by atomic mass is 15.0. The molecule has 0 radical (unpaired) electrons. The molecule has 0 aliphatic heterocycles. The third-order valence-corrected chi connectivity index (χ3v) is 3.53. The number of aromatic amines is 1. The van der Waals surface area contributed by atoms with Crippen LogP contribution in [-0.2, 0) is 12.0 Å². The van der Waals surface area contributed by atoms with Crippen LogP contribution in [0.15, 0.2) is 36.5 Å². The van der Waals surface area contributed by atoms with Crippen molar-refractivity contribution in [2.75, 3.05) is 0 Å². The third kappa shape index (κ3) is 3.48. The highest BCUT2D eigenvalue weighted by Gasteiger charge is 2.26. The van der Waals surface area contributed by atoms with Gasteiger partial charge in [0.1, 0.15) is 5.82 Å². The van der Waals surface area contributed by atoms with E-state index in [1.165, 1.54) is 5.56 Å². The Morgan fingerprint density at radius 1 is 1.05 bits per heavy atom. The fourth-order valence-corrected chi connectivity index (χ4v) is 2.12. The summed E-state index contributed by atoms with van der Waals surface area (Å²) < 4.78 is 0. The lowest BCUT2D eigenvalue weighted by molar-refractivity contribution is 0.421. The Kier molecular flexibility index (Phi) is 4.00. The van der Waals surface area contributed by atoms with Gasteiger partial charge in [-0.25, -0.2) is 4.98 Å². The van der Waals surface area contributed by atoms with Gasteiger partial charge >= 0.3 is 0 Å². The second kappa shape index (κ2) is 5.41. The summed E-state index contributed by atoms with van der Waals surface area (Å²) in [6.45, 7) is 11.7. The molecule has 0 spiro atoms. The van der Waals surface area contributed by atoms with Gasteiger partial charge in [0, 0.05) is 29.4 Å². The SMILES string of the molecule is CC(C)(C)NCc1cnc(C(C)(C)c2ccccc2)[nH]1. The van der Waals surface area contributed by atoms with Gasteiger partial charge in [0.05, 0.1) is 0 Å². The summed E-state index contributed by atoms with van der Waals surface area (Å²) in [5.74, 6) is 1.01. The van der Waals surface area contributed by atoms with E-state index in [1.54, 1.807) is 0 Å². The first-order valence-corrected chi connectivity index (χ1v) is 7.14. The Hall–Kier alpha value is -1.61. The summed E-state index contributed by atoms with van der Waals surface area (Å²) in [4.78, 5) is 8.02. The first kappa shape index (κ1) is 14.8. The zero-order valence-electron chi connectivity index (χ0n) is 13.1. The molecule has 2 rings (SSSR count). The second-order valence-electron chi connectivity index (χ2n) is 6.85. The topological polar surface area (TPSA) is 40.7 Å². The predicted molar refractivity (Wildman–Crippen MR) is 83.8 cm³/mol. The van der Waals surface area contributed by atoms with E-state index in [1.807, 2.05) is 12.3 Å². The van der Waals surface area contributed by atoms with Crippen LogP contribution in [0.1, 0.15) is 51.7 Å². The molecule has 2 aromatic rings. The van der Waals surface area contributed by atoms with E-state index in [-0.39, 0.29) is 11.0 Å². The maximum Gasteiger partial charge on any atom is 0.116 e. The minimum absolute atomic E-state index is 0.110. The van der Waals surface area contributed by atoms with Crippen molar-refractivity contribution in [2.45, 2.75) is 52.1 Å². The van der Waals surface area contributed by atoms with Crippen LogP contribution in [0.25, 0.3) is 0 Å². The number of imidazole rings is 1. The van der Waals surface area contributed by atoms with Gasteiger partial charge in [-0.3, -0.25) is 0 Å². The van der Waals surface area contributed by atoms with E-state index in [9.17, 15) is 0 Å². The number of nitrogens with one attached hydrogen (secondary N) is 2. The van der Waals surface area contributed by atoms with Crippen molar-refractivity contribution in [1.29, 1.82) is 0 Å². The van der Waals surface area contributed by atoms with Crippen molar-refractivity contribution in [3.05, 3.63) is 53.6 Å².